The molecule has 0 unspecified atom stereocenters. The van der Waals surface area contributed by atoms with E-state index < -0.39 is 11.9 Å². The van der Waals surface area contributed by atoms with Gasteiger partial charge >= 0.3 is 5.97 Å². The van der Waals surface area contributed by atoms with E-state index in [4.69, 9.17) is 13.9 Å². The molecule has 0 fully saturated rings. The summed E-state index contributed by atoms with van der Waals surface area (Å²) in [5, 5.41) is 4.68. The third-order valence-corrected chi connectivity index (χ3v) is 3.94. The van der Waals surface area contributed by atoms with E-state index in [1.54, 1.807) is 26.0 Å². The Labute approximate surface area is 162 Å². The molecule has 3 rings (SSSR count). The van der Waals surface area contributed by atoms with Crippen LogP contribution in [0.4, 0.5) is 0 Å². The highest BCUT2D eigenvalue weighted by Crippen LogP contribution is 2.26. The summed E-state index contributed by atoms with van der Waals surface area (Å²) in [6.45, 7) is 3.78. The van der Waals surface area contributed by atoms with Crippen LogP contribution in [0.1, 0.15) is 30.2 Å². The molecule has 0 aliphatic heterocycles. The molecule has 1 amide bonds. The van der Waals surface area contributed by atoms with E-state index in [9.17, 15) is 9.59 Å². The van der Waals surface area contributed by atoms with Crippen LogP contribution in [0.5, 0.6) is 5.75 Å². The number of rotatable bonds is 7. The maximum Gasteiger partial charge on any atom is 0.332 e. The van der Waals surface area contributed by atoms with Crippen LogP contribution in [0.2, 0.25) is 0 Å². The van der Waals surface area contributed by atoms with Crippen molar-refractivity contribution in [3.63, 3.8) is 0 Å². The van der Waals surface area contributed by atoms with Crippen LogP contribution in [0.15, 0.2) is 70.8 Å². The quantitative estimate of drug-likeness (QED) is 0.491. The molecule has 2 aromatic carbocycles. The first-order valence-corrected chi connectivity index (χ1v) is 8.92. The molecule has 1 N–H and O–H groups in total. The third-order valence-electron chi connectivity index (χ3n) is 3.94. The molecule has 0 saturated heterocycles. The molecule has 0 aliphatic rings. The number of benzene rings is 2. The van der Waals surface area contributed by atoms with E-state index in [-0.39, 0.29) is 19.0 Å². The van der Waals surface area contributed by atoms with Gasteiger partial charge in [-0.05, 0) is 37.4 Å². The Bertz CT molecular complexity index is 1010. The SMILES string of the molecule is CCOC(=O)/C=C(\C)NC(=O)c1ccc(COc2cccc3ccccc23)o1. The van der Waals surface area contributed by atoms with Crippen LogP contribution in [-0.2, 0) is 16.1 Å². The number of furan rings is 1. The van der Waals surface area contributed by atoms with Crippen LogP contribution in [-0.4, -0.2) is 18.5 Å². The lowest BCUT2D eigenvalue weighted by Crippen LogP contribution is -2.21. The number of nitrogens with one attached hydrogen (secondary N) is 1. The van der Waals surface area contributed by atoms with Crippen molar-refractivity contribution in [3.8, 4) is 5.75 Å². The van der Waals surface area contributed by atoms with Crippen molar-refractivity contribution >= 4 is 22.6 Å². The van der Waals surface area contributed by atoms with E-state index in [0.29, 0.717) is 11.5 Å². The predicted molar refractivity (Wildman–Crippen MR) is 105 cm³/mol. The minimum atomic E-state index is -0.510. The van der Waals surface area contributed by atoms with Gasteiger partial charge in [-0.3, -0.25) is 4.79 Å². The van der Waals surface area contributed by atoms with Crippen LogP contribution in [0, 0.1) is 0 Å². The van der Waals surface area contributed by atoms with Crippen molar-refractivity contribution in [1.82, 2.24) is 5.32 Å². The van der Waals surface area contributed by atoms with Crippen molar-refractivity contribution in [2.75, 3.05) is 6.61 Å². The fourth-order valence-corrected chi connectivity index (χ4v) is 2.69. The first kappa shape index (κ1) is 19.2. The van der Waals surface area contributed by atoms with E-state index >= 15 is 0 Å². The summed E-state index contributed by atoms with van der Waals surface area (Å²) >= 11 is 0. The molecule has 0 spiro atoms. The Morgan fingerprint density at radius 2 is 1.86 bits per heavy atom. The summed E-state index contributed by atoms with van der Waals surface area (Å²) in [5.41, 5.74) is 0.369. The van der Waals surface area contributed by atoms with E-state index in [1.165, 1.54) is 6.08 Å². The molecule has 28 heavy (non-hydrogen) atoms. The highest BCUT2D eigenvalue weighted by Gasteiger charge is 2.13. The van der Waals surface area contributed by atoms with E-state index in [1.807, 2.05) is 42.5 Å². The number of carbonyl (C=O) groups is 2. The van der Waals surface area contributed by atoms with Crippen LogP contribution in [0.25, 0.3) is 10.8 Å². The topological polar surface area (TPSA) is 77.8 Å². The zero-order valence-corrected chi connectivity index (χ0v) is 15.7. The second-order valence-corrected chi connectivity index (χ2v) is 6.07. The average Bonchev–Trinajstić information content (AvgIpc) is 3.15. The lowest BCUT2D eigenvalue weighted by molar-refractivity contribution is -0.137. The van der Waals surface area contributed by atoms with Gasteiger partial charge in [-0.15, -0.1) is 0 Å². The Kier molecular flexibility index (Phi) is 6.11. The van der Waals surface area contributed by atoms with Gasteiger partial charge in [0, 0.05) is 17.2 Å². The molecule has 0 radical (unpaired) electrons. The van der Waals surface area contributed by atoms with Gasteiger partial charge in [-0.1, -0.05) is 36.4 Å². The summed E-state index contributed by atoms with van der Waals surface area (Å²) in [6, 6.07) is 17.0. The number of carbonyl (C=O) groups excluding carboxylic acids is 2. The molecular formula is C22H21NO5. The summed E-state index contributed by atoms with van der Waals surface area (Å²) < 4.78 is 16.2. The summed E-state index contributed by atoms with van der Waals surface area (Å²) in [6.07, 6.45) is 1.22. The van der Waals surface area contributed by atoms with Crippen molar-refractivity contribution < 1.29 is 23.5 Å². The highest BCUT2D eigenvalue weighted by atomic mass is 16.5. The number of hydrogen-bond acceptors (Lipinski definition) is 5. The molecule has 3 aromatic rings. The van der Waals surface area contributed by atoms with Crippen LogP contribution in [0.3, 0.4) is 0 Å². The molecular weight excluding hydrogens is 358 g/mol. The Balaban J connectivity index is 1.62. The van der Waals surface area contributed by atoms with Crippen molar-refractivity contribution in [2.24, 2.45) is 0 Å². The Morgan fingerprint density at radius 1 is 1.07 bits per heavy atom. The largest absolute Gasteiger partial charge is 0.485 e. The average molecular weight is 379 g/mol. The van der Waals surface area contributed by atoms with Gasteiger partial charge in [-0.2, -0.15) is 0 Å². The fraction of sp³-hybridized carbons (Fsp3) is 0.182. The van der Waals surface area contributed by atoms with Gasteiger partial charge in [0.25, 0.3) is 5.91 Å². The maximum atomic E-state index is 12.2. The number of hydrogen-bond donors (Lipinski definition) is 1. The highest BCUT2D eigenvalue weighted by molar-refractivity contribution is 5.93. The van der Waals surface area contributed by atoms with E-state index in [0.717, 1.165) is 16.5 Å². The zero-order valence-electron chi connectivity index (χ0n) is 15.7. The summed E-state index contributed by atoms with van der Waals surface area (Å²) in [5.74, 6) is 0.435. The van der Waals surface area contributed by atoms with Crippen molar-refractivity contribution in [3.05, 3.63) is 77.9 Å². The summed E-state index contributed by atoms with van der Waals surface area (Å²) in [7, 11) is 0. The van der Waals surface area contributed by atoms with Gasteiger partial charge < -0.3 is 19.2 Å². The van der Waals surface area contributed by atoms with Gasteiger partial charge in [0.05, 0.1) is 6.61 Å². The normalized spacial score (nSPS) is 11.3. The number of allylic oxidation sites excluding steroid dienone is 1. The minimum Gasteiger partial charge on any atom is -0.485 e. The molecule has 0 aliphatic carbocycles. The van der Waals surface area contributed by atoms with Gasteiger partial charge in [-0.25, -0.2) is 4.79 Å². The van der Waals surface area contributed by atoms with Crippen molar-refractivity contribution in [1.29, 1.82) is 0 Å². The number of ether oxygens (including phenoxy) is 2. The molecule has 1 aromatic heterocycles. The second kappa shape index (κ2) is 8.90. The lowest BCUT2D eigenvalue weighted by atomic mass is 10.1. The molecule has 144 valence electrons. The van der Waals surface area contributed by atoms with Crippen LogP contribution >= 0.6 is 0 Å². The molecule has 0 atom stereocenters. The smallest absolute Gasteiger partial charge is 0.332 e. The van der Waals surface area contributed by atoms with Gasteiger partial charge in [0.1, 0.15) is 18.1 Å². The molecule has 1 heterocycles. The second-order valence-electron chi connectivity index (χ2n) is 6.07. The first-order valence-electron chi connectivity index (χ1n) is 8.92. The standard InChI is InChI=1S/C22H21NO5/c1-3-26-21(24)13-15(2)23-22(25)20-12-11-17(28-20)14-27-19-10-6-8-16-7-4-5-9-18(16)19/h4-13H,3,14H2,1-2H3,(H,23,25)/b15-13+. The monoisotopic (exact) mass is 379 g/mol. The van der Waals surface area contributed by atoms with Crippen LogP contribution < -0.4 is 10.1 Å². The zero-order chi connectivity index (χ0) is 19.9. The summed E-state index contributed by atoms with van der Waals surface area (Å²) in [4.78, 5) is 23.6. The van der Waals surface area contributed by atoms with Crippen molar-refractivity contribution in [2.45, 2.75) is 20.5 Å². The molecule has 0 bridgehead atoms. The van der Waals surface area contributed by atoms with Gasteiger partial charge in [0.2, 0.25) is 0 Å². The maximum absolute atomic E-state index is 12.2. The van der Waals surface area contributed by atoms with Gasteiger partial charge in [0.15, 0.2) is 5.76 Å². The molecule has 0 saturated carbocycles. The van der Waals surface area contributed by atoms with E-state index in [2.05, 4.69) is 5.32 Å². The predicted octanol–water partition coefficient (Wildman–Crippen LogP) is 4.21. The Hall–Kier alpha value is -3.54. The molecule has 6 heteroatoms. The minimum absolute atomic E-state index is 0.133. The number of fused-ring (bicyclic) bond motifs is 1. The number of amides is 1. The third kappa shape index (κ3) is 4.79. The molecule has 6 nitrogen and oxygen atoms in total. The number of esters is 1. The Morgan fingerprint density at radius 3 is 2.68 bits per heavy atom. The fourth-order valence-electron chi connectivity index (χ4n) is 2.69. The first-order chi connectivity index (χ1) is 13.6. The lowest BCUT2D eigenvalue weighted by Gasteiger charge is -2.08.